The molecule has 0 aliphatic heterocycles. The second-order valence-corrected chi connectivity index (χ2v) is 5.52. The molecule has 5 heteroatoms. The molecule has 1 aromatic heterocycles. The SMILES string of the molecule is CCc1nn(CC)c(CC(O)c2ccccc2N)c1Br. The first-order valence-corrected chi connectivity index (χ1v) is 7.64. The van der Waals surface area contributed by atoms with Crippen molar-refractivity contribution in [1.82, 2.24) is 9.78 Å². The van der Waals surface area contributed by atoms with E-state index in [0.29, 0.717) is 12.1 Å². The zero-order valence-corrected chi connectivity index (χ0v) is 13.4. The van der Waals surface area contributed by atoms with Crippen LogP contribution in [0.3, 0.4) is 0 Å². The van der Waals surface area contributed by atoms with Gasteiger partial charge in [-0.2, -0.15) is 5.10 Å². The average molecular weight is 338 g/mol. The number of aliphatic hydroxyl groups is 1. The lowest BCUT2D eigenvalue weighted by Gasteiger charge is -2.14. The van der Waals surface area contributed by atoms with E-state index >= 15 is 0 Å². The summed E-state index contributed by atoms with van der Waals surface area (Å²) in [6, 6.07) is 7.43. The Bertz CT molecular complexity index is 595. The predicted octanol–water partition coefficient (Wildman–Crippen LogP) is 3.09. The van der Waals surface area contributed by atoms with Crippen LogP contribution < -0.4 is 5.73 Å². The smallest absolute Gasteiger partial charge is 0.0865 e. The van der Waals surface area contributed by atoms with Crippen LogP contribution in [0.4, 0.5) is 5.69 Å². The number of rotatable bonds is 5. The molecule has 0 aliphatic rings. The molecule has 0 amide bonds. The summed E-state index contributed by atoms with van der Waals surface area (Å²) in [5, 5.41) is 15.0. The van der Waals surface area contributed by atoms with Crippen molar-refractivity contribution in [3.63, 3.8) is 0 Å². The maximum Gasteiger partial charge on any atom is 0.0865 e. The third kappa shape index (κ3) is 2.88. The fourth-order valence-corrected chi connectivity index (χ4v) is 3.05. The van der Waals surface area contributed by atoms with Crippen molar-refractivity contribution < 1.29 is 5.11 Å². The van der Waals surface area contributed by atoms with Gasteiger partial charge in [0.05, 0.1) is 22.0 Å². The van der Waals surface area contributed by atoms with Gasteiger partial charge >= 0.3 is 0 Å². The minimum atomic E-state index is -0.626. The van der Waals surface area contributed by atoms with Crippen molar-refractivity contribution >= 4 is 21.6 Å². The number of anilines is 1. The summed E-state index contributed by atoms with van der Waals surface area (Å²) in [4.78, 5) is 0. The predicted molar refractivity (Wildman–Crippen MR) is 84.5 cm³/mol. The molecule has 4 nitrogen and oxygen atoms in total. The van der Waals surface area contributed by atoms with Gasteiger partial charge in [-0.15, -0.1) is 0 Å². The molecule has 0 radical (unpaired) electrons. The number of hydrogen-bond donors (Lipinski definition) is 2. The molecule has 1 heterocycles. The van der Waals surface area contributed by atoms with E-state index in [-0.39, 0.29) is 0 Å². The van der Waals surface area contributed by atoms with Crippen molar-refractivity contribution in [3.8, 4) is 0 Å². The molecule has 20 heavy (non-hydrogen) atoms. The van der Waals surface area contributed by atoms with E-state index in [9.17, 15) is 5.11 Å². The van der Waals surface area contributed by atoms with Gasteiger partial charge in [0.1, 0.15) is 0 Å². The molecule has 0 saturated heterocycles. The minimum absolute atomic E-state index is 0.496. The van der Waals surface area contributed by atoms with Crippen molar-refractivity contribution in [1.29, 1.82) is 0 Å². The van der Waals surface area contributed by atoms with Crippen LogP contribution in [0.1, 0.15) is 36.9 Å². The van der Waals surface area contributed by atoms with Crippen molar-refractivity contribution in [2.24, 2.45) is 0 Å². The number of aryl methyl sites for hydroxylation is 2. The second kappa shape index (κ2) is 6.41. The highest BCUT2D eigenvalue weighted by Crippen LogP contribution is 2.29. The topological polar surface area (TPSA) is 64.1 Å². The Labute approximate surface area is 127 Å². The van der Waals surface area contributed by atoms with Gasteiger partial charge in [0.25, 0.3) is 0 Å². The van der Waals surface area contributed by atoms with E-state index in [4.69, 9.17) is 5.73 Å². The number of nitrogens with zero attached hydrogens (tertiary/aromatic N) is 2. The lowest BCUT2D eigenvalue weighted by Crippen LogP contribution is -2.10. The first-order valence-electron chi connectivity index (χ1n) is 6.84. The van der Waals surface area contributed by atoms with Gasteiger partial charge in [-0.25, -0.2) is 0 Å². The maximum atomic E-state index is 10.4. The molecule has 0 bridgehead atoms. The lowest BCUT2D eigenvalue weighted by molar-refractivity contribution is 0.176. The van der Waals surface area contributed by atoms with Crippen molar-refractivity contribution in [2.75, 3.05) is 5.73 Å². The lowest BCUT2D eigenvalue weighted by atomic mass is 10.0. The molecule has 2 rings (SSSR count). The summed E-state index contributed by atoms with van der Waals surface area (Å²) < 4.78 is 2.93. The molecule has 0 saturated carbocycles. The average Bonchev–Trinajstić information content (AvgIpc) is 2.75. The van der Waals surface area contributed by atoms with Crippen LogP contribution in [0.5, 0.6) is 0 Å². The number of nitrogens with two attached hydrogens (primary N) is 1. The highest BCUT2D eigenvalue weighted by Gasteiger charge is 2.19. The van der Waals surface area contributed by atoms with Crippen LogP contribution in [0, 0.1) is 0 Å². The van der Waals surface area contributed by atoms with Gasteiger partial charge in [-0.05, 0) is 35.3 Å². The largest absolute Gasteiger partial charge is 0.398 e. The third-order valence-corrected chi connectivity index (χ3v) is 4.35. The number of nitrogen functional groups attached to an aromatic ring is 1. The quantitative estimate of drug-likeness (QED) is 0.824. The Morgan fingerprint density at radius 2 is 2.05 bits per heavy atom. The standard InChI is InChI=1S/C15H20BrN3O/c1-3-12-15(16)13(19(4-2)18-12)9-14(20)10-7-5-6-8-11(10)17/h5-8,14,20H,3-4,9,17H2,1-2H3. The number of halogens is 1. The fraction of sp³-hybridized carbons (Fsp3) is 0.400. The zero-order valence-electron chi connectivity index (χ0n) is 11.8. The minimum Gasteiger partial charge on any atom is -0.398 e. The molecule has 3 N–H and O–H groups in total. The van der Waals surface area contributed by atoms with Gasteiger partial charge in [-0.3, -0.25) is 4.68 Å². The normalized spacial score (nSPS) is 12.6. The fourth-order valence-electron chi connectivity index (χ4n) is 2.32. The van der Waals surface area contributed by atoms with Crippen LogP contribution in [-0.4, -0.2) is 14.9 Å². The highest BCUT2D eigenvalue weighted by molar-refractivity contribution is 9.10. The van der Waals surface area contributed by atoms with Gasteiger partial charge in [0, 0.05) is 24.2 Å². The molecular formula is C15H20BrN3O. The zero-order chi connectivity index (χ0) is 14.7. The summed E-state index contributed by atoms with van der Waals surface area (Å²) in [7, 11) is 0. The van der Waals surface area contributed by atoms with E-state index in [0.717, 1.165) is 34.4 Å². The monoisotopic (exact) mass is 337 g/mol. The Morgan fingerprint density at radius 3 is 2.65 bits per heavy atom. The van der Waals surface area contributed by atoms with Crippen molar-refractivity contribution in [3.05, 3.63) is 45.7 Å². The summed E-state index contributed by atoms with van der Waals surface area (Å²) in [5.74, 6) is 0. The highest BCUT2D eigenvalue weighted by atomic mass is 79.9. The first kappa shape index (κ1) is 15.1. The molecule has 0 aliphatic carbocycles. The first-order chi connectivity index (χ1) is 9.58. The summed E-state index contributed by atoms with van der Waals surface area (Å²) in [6.45, 7) is 4.90. The van der Waals surface area contributed by atoms with Gasteiger partial charge in [-0.1, -0.05) is 25.1 Å². The molecule has 108 valence electrons. The molecular weight excluding hydrogens is 318 g/mol. The molecule has 0 fully saturated rings. The van der Waals surface area contributed by atoms with Crippen LogP contribution in [0.15, 0.2) is 28.7 Å². The number of benzene rings is 1. The van der Waals surface area contributed by atoms with Crippen LogP contribution in [0.2, 0.25) is 0 Å². The maximum absolute atomic E-state index is 10.4. The summed E-state index contributed by atoms with van der Waals surface area (Å²) in [6.07, 6.45) is 0.735. The van der Waals surface area contributed by atoms with Gasteiger partial charge < -0.3 is 10.8 Å². The Balaban J connectivity index is 2.30. The van der Waals surface area contributed by atoms with Gasteiger partial charge in [0.15, 0.2) is 0 Å². The Hall–Kier alpha value is -1.33. The Kier molecular flexibility index (Phi) is 4.83. The summed E-state index contributed by atoms with van der Waals surface area (Å²) >= 11 is 3.60. The number of aliphatic hydroxyl groups excluding tert-OH is 1. The molecule has 1 aromatic carbocycles. The molecule has 0 spiro atoms. The second-order valence-electron chi connectivity index (χ2n) is 4.73. The number of hydrogen-bond acceptors (Lipinski definition) is 3. The van der Waals surface area contributed by atoms with E-state index in [1.807, 2.05) is 35.9 Å². The van der Waals surface area contributed by atoms with Gasteiger partial charge in [0.2, 0.25) is 0 Å². The van der Waals surface area contributed by atoms with Crippen LogP contribution >= 0.6 is 15.9 Å². The summed E-state index contributed by atoms with van der Waals surface area (Å²) in [5.41, 5.74) is 9.34. The number of aromatic nitrogens is 2. The molecule has 1 unspecified atom stereocenters. The van der Waals surface area contributed by atoms with Crippen molar-refractivity contribution in [2.45, 2.75) is 39.3 Å². The van der Waals surface area contributed by atoms with Crippen LogP contribution in [-0.2, 0) is 19.4 Å². The van der Waals surface area contributed by atoms with E-state index in [2.05, 4.69) is 28.0 Å². The van der Waals surface area contributed by atoms with E-state index in [1.165, 1.54) is 0 Å². The van der Waals surface area contributed by atoms with E-state index < -0.39 is 6.10 Å². The van der Waals surface area contributed by atoms with Crippen LogP contribution in [0.25, 0.3) is 0 Å². The van der Waals surface area contributed by atoms with E-state index in [1.54, 1.807) is 0 Å². The molecule has 2 aromatic rings. The molecule has 1 atom stereocenters. The Morgan fingerprint density at radius 1 is 1.35 bits per heavy atom. The third-order valence-electron chi connectivity index (χ3n) is 3.44. The number of para-hydroxylation sites is 1.